The minimum absolute atomic E-state index is 0.333. The molecule has 4 heteroatoms. The largest absolute Gasteiger partial charge is 0.467 e. The van der Waals surface area contributed by atoms with Gasteiger partial charge in [-0.15, -0.1) is 0 Å². The van der Waals surface area contributed by atoms with Crippen LogP contribution < -0.4 is 5.32 Å². The van der Waals surface area contributed by atoms with Gasteiger partial charge in [0.2, 0.25) is 5.91 Å². The Balaban J connectivity index is 3.77. The zero-order chi connectivity index (χ0) is 15.2. The van der Waals surface area contributed by atoms with Gasteiger partial charge in [0.25, 0.3) is 0 Å². The van der Waals surface area contributed by atoms with Crippen molar-refractivity contribution in [2.24, 2.45) is 0 Å². The van der Waals surface area contributed by atoms with Crippen molar-refractivity contribution in [1.29, 1.82) is 0 Å². The standard InChI is InChI=1S/C16H29NO3/c1-4-6-7-8-9-10-11-12-13-14(16(19)20-3)17-15(18)5-2/h5,14H,2,4,6-13H2,1,3H3,(H,17,18). The van der Waals surface area contributed by atoms with Crippen LogP contribution in [0.3, 0.4) is 0 Å². The van der Waals surface area contributed by atoms with E-state index in [4.69, 9.17) is 4.74 Å². The molecule has 0 aliphatic heterocycles. The highest BCUT2D eigenvalue weighted by atomic mass is 16.5. The number of amides is 1. The summed E-state index contributed by atoms with van der Waals surface area (Å²) in [5.74, 6) is -0.719. The molecule has 0 fully saturated rings. The number of rotatable bonds is 12. The highest BCUT2D eigenvalue weighted by Crippen LogP contribution is 2.11. The maximum atomic E-state index is 11.5. The molecule has 0 aromatic heterocycles. The van der Waals surface area contributed by atoms with E-state index in [-0.39, 0.29) is 11.9 Å². The van der Waals surface area contributed by atoms with Crippen LogP contribution in [-0.2, 0) is 14.3 Å². The smallest absolute Gasteiger partial charge is 0.328 e. The SMILES string of the molecule is C=CC(=O)NC(CCCCCCCCCC)C(=O)OC. The lowest BCUT2D eigenvalue weighted by molar-refractivity contribution is -0.144. The lowest BCUT2D eigenvalue weighted by Gasteiger charge is -2.15. The Labute approximate surface area is 123 Å². The van der Waals surface area contributed by atoms with Crippen molar-refractivity contribution in [1.82, 2.24) is 5.32 Å². The maximum absolute atomic E-state index is 11.5. The Morgan fingerprint density at radius 1 is 1.10 bits per heavy atom. The summed E-state index contributed by atoms with van der Waals surface area (Å²) in [6.07, 6.45) is 11.4. The summed E-state index contributed by atoms with van der Waals surface area (Å²) in [7, 11) is 1.34. The van der Waals surface area contributed by atoms with Gasteiger partial charge in [-0.2, -0.15) is 0 Å². The van der Waals surface area contributed by atoms with Gasteiger partial charge in [0.05, 0.1) is 7.11 Å². The van der Waals surface area contributed by atoms with Crippen LogP contribution in [0.15, 0.2) is 12.7 Å². The number of hydrogen-bond acceptors (Lipinski definition) is 3. The van der Waals surface area contributed by atoms with E-state index in [9.17, 15) is 9.59 Å². The highest BCUT2D eigenvalue weighted by molar-refractivity contribution is 5.90. The molecule has 0 heterocycles. The van der Waals surface area contributed by atoms with Crippen LogP contribution in [0.2, 0.25) is 0 Å². The molecule has 116 valence electrons. The summed E-state index contributed by atoms with van der Waals surface area (Å²) in [4.78, 5) is 22.8. The monoisotopic (exact) mass is 283 g/mol. The van der Waals surface area contributed by atoms with Crippen molar-refractivity contribution in [2.45, 2.75) is 70.8 Å². The van der Waals surface area contributed by atoms with E-state index >= 15 is 0 Å². The van der Waals surface area contributed by atoms with Crippen molar-refractivity contribution >= 4 is 11.9 Å². The summed E-state index contributed by atoms with van der Waals surface area (Å²) in [6, 6.07) is -0.550. The van der Waals surface area contributed by atoms with Crippen molar-refractivity contribution in [3.8, 4) is 0 Å². The maximum Gasteiger partial charge on any atom is 0.328 e. The molecule has 0 bridgehead atoms. The predicted octanol–water partition coefficient (Wildman–Crippen LogP) is 3.36. The van der Waals surface area contributed by atoms with Crippen molar-refractivity contribution < 1.29 is 14.3 Å². The summed E-state index contributed by atoms with van der Waals surface area (Å²) >= 11 is 0. The first-order valence-electron chi connectivity index (χ1n) is 7.66. The summed E-state index contributed by atoms with van der Waals surface area (Å²) in [5, 5.41) is 2.60. The molecular formula is C16H29NO3. The van der Waals surface area contributed by atoms with Gasteiger partial charge in [-0.25, -0.2) is 4.79 Å². The fraction of sp³-hybridized carbons (Fsp3) is 0.750. The molecule has 0 spiro atoms. The molecule has 0 aliphatic carbocycles. The van der Waals surface area contributed by atoms with Gasteiger partial charge in [0.15, 0.2) is 0 Å². The van der Waals surface area contributed by atoms with Crippen molar-refractivity contribution in [3.63, 3.8) is 0 Å². The summed E-state index contributed by atoms with van der Waals surface area (Å²) in [6.45, 7) is 5.59. The normalized spacial score (nSPS) is 11.7. The van der Waals surface area contributed by atoms with Gasteiger partial charge in [0, 0.05) is 0 Å². The van der Waals surface area contributed by atoms with E-state index in [0.717, 1.165) is 12.8 Å². The van der Waals surface area contributed by atoms with Gasteiger partial charge >= 0.3 is 5.97 Å². The lowest BCUT2D eigenvalue weighted by atomic mass is 10.0. The Kier molecular flexibility index (Phi) is 11.9. The molecule has 1 atom stereocenters. The van der Waals surface area contributed by atoms with Crippen LogP contribution in [0.25, 0.3) is 0 Å². The van der Waals surface area contributed by atoms with Crippen LogP contribution in [0, 0.1) is 0 Å². The molecule has 1 N–H and O–H groups in total. The quantitative estimate of drug-likeness (QED) is 0.339. The molecule has 0 radical (unpaired) electrons. The van der Waals surface area contributed by atoms with Crippen molar-refractivity contribution in [2.75, 3.05) is 7.11 Å². The Morgan fingerprint density at radius 3 is 2.15 bits per heavy atom. The first kappa shape index (κ1) is 18.7. The predicted molar refractivity (Wildman–Crippen MR) is 81.4 cm³/mol. The summed E-state index contributed by atoms with van der Waals surface area (Å²) < 4.78 is 4.69. The van der Waals surface area contributed by atoms with Crippen LogP contribution in [0.1, 0.15) is 64.7 Å². The molecule has 0 saturated heterocycles. The zero-order valence-electron chi connectivity index (χ0n) is 13.0. The first-order chi connectivity index (χ1) is 9.65. The second-order valence-electron chi connectivity index (χ2n) is 5.05. The molecule has 0 aliphatic rings. The summed E-state index contributed by atoms with van der Waals surface area (Å²) in [5.41, 5.74) is 0. The molecule has 20 heavy (non-hydrogen) atoms. The van der Waals surface area contributed by atoms with Gasteiger partial charge in [-0.05, 0) is 12.5 Å². The molecule has 0 saturated carbocycles. The van der Waals surface area contributed by atoms with Gasteiger partial charge in [-0.1, -0.05) is 64.9 Å². The number of unbranched alkanes of at least 4 members (excludes halogenated alkanes) is 7. The second-order valence-corrected chi connectivity index (χ2v) is 5.05. The number of nitrogens with one attached hydrogen (secondary N) is 1. The minimum atomic E-state index is -0.550. The zero-order valence-corrected chi connectivity index (χ0v) is 13.0. The first-order valence-corrected chi connectivity index (χ1v) is 7.66. The number of methoxy groups -OCH3 is 1. The third-order valence-corrected chi connectivity index (χ3v) is 3.33. The number of carbonyl (C=O) groups is 2. The van der Waals surface area contributed by atoms with Crippen LogP contribution in [0.5, 0.6) is 0 Å². The molecule has 0 aromatic carbocycles. The third kappa shape index (κ3) is 9.59. The molecular weight excluding hydrogens is 254 g/mol. The van der Waals surface area contributed by atoms with E-state index in [1.165, 1.54) is 51.7 Å². The van der Waals surface area contributed by atoms with Crippen molar-refractivity contribution in [3.05, 3.63) is 12.7 Å². The lowest BCUT2D eigenvalue weighted by Crippen LogP contribution is -2.40. The van der Waals surface area contributed by atoms with E-state index in [0.29, 0.717) is 6.42 Å². The Morgan fingerprint density at radius 2 is 1.65 bits per heavy atom. The van der Waals surface area contributed by atoms with E-state index in [1.54, 1.807) is 0 Å². The fourth-order valence-electron chi connectivity index (χ4n) is 2.10. The van der Waals surface area contributed by atoms with Gasteiger partial charge in [-0.3, -0.25) is 4.79 Å². The highest BCUT2D eigenvalue weighted by Gasteiger charge is 2.19. The topological polar surface area (TPSA) is 55.4 Å². The van der Waals surface area contributed by atoms with Gasteiger partial charge < -0.3 is 10.1 Å². The Bertz CT molecular complexity index is 289. The average Bonchev–Trinajstić information content (AvgIpc) is 2.47. The van der Waals surface area contributed by atoms with E-state index in [2.05, 4.69) is 18.8 Å². The number of carbonyl (C=O) groups excluding carboxylic acids is 2. The van der Waals surface area contributed by atoms with Crippen LogP contribution in [0.4, 0.5) is 0 Å². The minimum Gasteiger partial charge on any atom is -0.467 e. The number of ether oxygens (including phenoxy) is 1. The van der Waals surface area contributed by atoms with Crippen LogP contribution in [-0.4, -0.2) is 25.0 Å². The van der Waals surface area contributed by atoms with E-state index in [1.807, 2.05) is 0 Å². The molecule has 1 unspecified atom stereocenters. The third-order valence-electron chi connectivity index (χ3n) is 3.33. The molecule has 1 amide bonds. The number of hydrogen-bond donors (Lipinski definition) is 1. The Hall–Kier alpha value is -1.32. The fourth-order valence-corrected chi connectivity index (χ4v) is 2.10. The van der Waals surface area contributed by atoms with E-state index < -0.39 is 6.04 Å². The molecule has 0 rings (SSSR count). The molecule has 0 aromatic rings. The average molecular weight is 283 g/mol. The molecule has 4 nitrogen and oxygen atoms in total. The second kappa shape index (κ2) is 12.7. The van der Waals surface area contributed by atoms with Crippen LogP contribution >= 0.6 is 0 Å². The van der Waals surface area contributed by atoms with Gasteiger partial charge in [0.1, 0.15) is 6.04 Å². The number of esters is 1.